The lowest BCUT2D eigenvalue weighted by Gasteiger charge is -2.08. The Morgan fingerprint density at radius 3 is 3.00 bits per heavy atom. The Bertz CT molecular complexity index is 874. The Kier molecular flexibility index (Phi) is 4.27. The van der Waals surface area contributed by atoms with E-state index in [4.69, 9.17) is 17.3 Å². The van der Waals surface area contributed by atoms with Crippen LogP contribution in [0.4, 0.5) is 5.69 Å². The van der Waals surface area contributed by atoms with Gasteiger partial charge >= 0.3 is 0 Å². The summed E-state index contributed by atoms with van der Waals surface area (Å²) in [5, 5.41) is 8.47. The number of pyridine rings is 1. The van der Waals surface area contributed by atoms with Crippen molar-refractivity contribution in [3.63, 3.8) is 0 Å². The summed E-state index contributed by atoms with van der Waals surface area (Å²) in [5.74, 6) is -0.281. The molecule has 0 saturated carbocycles. The smallest absolute Gasteiger partial charge is 0.276 e. The number of carbonyl (C=O) groups is 1. The van der Waals surface area contributed by atoms with Gasteiger partial charge in [-0.1, -0.05) is 11.6 Å². The van der Waals surface area contributed by atoms with Gasteiger partial charge in [-0.15, -0.1) is 0 Å². The van der Waals surface area contributed by atoms with E-state index in [9.17, 15) is 4.79 Å². The average molecular weight is 330 g/mol. The van der Waals surface area contributed by atoms with Crippen molar-refractivity contribution in [2.24, 2.45) is 5.73 Å². The average Bonchev–Trinajstić information content (AvgIpc) is 2.92. The number of hydrogen-bond donors (Lipinski definition) is 2. The van der Waals surface area contributed by atoms with Crippen molar-refractivity contribution in [2.75, 3.05) is 11.9 Å². The molecular formula is C16H16ClN5O. The van der Waals surface area contributed by atoms with Gasteiger partial charge in [0.1, 0.15) is 0 Å². The molecule has 0 aliphatic heterocycles. The quantitative estimate of drug-likeness (QED) is 0.770. The predicted octanol–water partition coefficient (Wildman–Crippen LogP) is 2.60. The van der Waals surface area contributed by atoms with E-state index in [1.165, 1.54) is 0 Å². The van der Waals surface area contributed by atoms with Crippen LogP contribution in [0.5, 0.6) is 0 Å². The third kappa shape index (κ3) is 3.04. The summed E-state index contributed by atoms with van der Waals surface area (Å²) in [6.07, 6.45) is 1.66. The highest BCUT2D eigenvalue weighted by Crippen LogP contribution is 2.28. The fraction of sp³-hybridized carbons (Fsp3) is 0.188. The number of nitrogens with two attached hydrogens (primary N) is 1. The van der Waals surface area contributed by atoms with E-state index in [2.05, 4.69) is 15.4 Å². The first kappa shape index (κ1) is 15.5. The van der Waals surface area contributed by atoms with E-state index in [1.54, 1.807) is 35.1 Å². The zero-order valence-corrected chi connectivity index (χ0v) is 13.3. The summed E-state index contributed by atoms with van der Waals surface area (Å²) < 4.78 is 1.72. The Morgan fingerprint density at radius 1 is 1.39 bits per heavy atom. The van der Waals surface area contributed by atoms with Gasteiger partial charge in [0.05, 0.1) is 22.8 Å². The lowest BCUT2D eigenvalue weighted by Crippen LogP contribution is -2.15. The minimum atomic E-state index is -0.281. The summed E-state index contributed by atoms with van der Waals surface area (Å²) in [5.41, 5.74) is 8.07. The topological polar surface area (TPSA) is 85.8 Å². The second kappa shape index (κ2) is 6.36. The Balaban J connectivity index is 1.92. The molecule has 1 amide bonds. The van der Waals surface area contributed by atoms with E-state index in [0.717, 1.165) is 11.1 Å². The second-order valence-corrected chi connectivity index (χ2v) is 5.54. The van der Waals surface area contributed by atoms with Crippen molar-refractivity contribution in [1.29, 1.82) is 0 Å². The van der Waals surface area contributed by atoms with Gasteiger partial charge in [0.25, 0.3) is 5.91 Å². The number of fused-ring (bicyclic) bond motifs is 1. The molecule has 23 heavy (non-hydrogen) atoms. The van der Waals surface area contributed by atoms with Crippen molar-refractivity contribution in [1.82, 2.24) is 14.8 Å². The maximum atomic E-state index is 12.4. The molecule has 3 aromatic rings. The molecule has 0 spiro atoms. The summed E-state index contributed by atoms with van der Waals surface area (Å²) in [4.78, 5) is 16.7. The Morgan fingerprint density at radius 2 is 2.22 bits per heavy atom. The highest BCUT2D eigenvalue weighted by molar-refractivity contribution is 6.35. The molecular weight excluding hydrogens is 314 g/mol. The highest BCUT2D eigenvalue weighted by atomic mass is 35.5. The maximum Gasteiger partial charge on any atom is 0.276 e. The number of nitrogens with zero attached hydrogens (tertiary/aromatic N) is 3. The van der Waals surface area contributed by atoms with Crippen LogP contribution in [0, 0.1) is 6.92 Å². The molecule has 0 saturated heterocycles. The first-order valence-electron chi connectivity index (χ1n) is 7.19. The second-order valence-electron chi connectivity index (χ2n) is 5.13. The van der Waals surface area contributed by atoms with Crippen LogP contribution in [0.25, 0.3) is 10.9 Å². The molecule has 118 valence electrons. The van der Waals surface area contributed by atoms with Crippen LogP contribution in [-0.4, -0.2) is 27.2 Å². The van der Waals surface area contributed by atoms with Crippen LogP contribution in [0.1, 0.15) is 16.2 Å². The fourth-order valence-corrected chi connectivity index (χ4v) is 2.62. The van der Waals surface area contributed by atoms with Crippen LogP contribution in [0.2, 0.25) is 5.02 Å². The van der Waals surface area contributed by atoms with Gasteiger partial charge < -0.3 is 11.1 Å². The molecule has 0 atom stereocenters. The Hall–Kier alpha value is -2.44. The summed E-state index contributed by atoms with van der Waals surface area (Å²) in [7, 11) is 0. The number of rotatable bonds is 4. The van der Waals surface area contributed by atoms with Crippen molar-refractivity contribution in [3.05, 3.63) is 52.9 Å². The lowest BCUT2D eigenvalue weighted by molar-refractivity contribution is 0.102. The van der Waals surface area contributed by atoms with Crippen molar-refractivity contribution < 1.29 is 4.79 Å². The molecule has 7 heteroatoms. The number of nitrogens with one attached hydrogen (secondary N) is 1. The van der Waals surface area contributed by atoms with Gasteiger partial charge in [-0.25, -0.2) is 0 Å². The van der Waals surface area contributed by atoms with Crippen LogP contribution >= 0.6 is 11.6 Å². The van der Waals surface area contributed by atoms with Gasteiger partial charge in [0, 0.05) is 23.8 Å². The summed E-state index contributed by atoms with van der Waals surface area (Å²) in [6, 6.07) is 8.87. The highest BCUT2D eigenvalue weighted by Gasteiger charge is 2.14. The van der Waals surface area contributed by atoms with E-state index in [-0.39, 0.29) is 5.91 Å². The lowest BCUT2D eigenvalue weighted by atomic mass is 10.1. The molecule has 0 aliphatic rings. The molecule has 2 aromatic heterocycles. The van der Waals surface area contributed by atoms with Crippen LogP contribution in [0.15, 0.2) is 36.5 Å². The third-order valence-electron chi connectivity index (χ3n) is 3.52. The molecule has 3 N–H and O–H groups in total. The maximum absolute atomic E-state index is 12.4. The minimum Gasteiger partial charge on any atom is -0.329 e. The Labute approximate surface area is 138 Å². The largest absolute Gasteiger partial charge is 0.329 e. The monoisotopic (exact) mass is 329 g/mol. The van der Waals surface area contributed by atoms with E-state index in [1.807, 2.05) is 13.0 Å². The zero-order valence-electron chi connectivity index (χ0n) is 12.6. The normalized spacial score (nSPS) is 10.9. The first-order valence-corrected chi connectivity index (χ1v) is 7.57. The fourth-order valence-electron chi connectivity index (χ4n) is 2.40. The van der Waals surface area contributed by atoms with Gasteiger partial charge in [-0.3, -0.25) is 14.5 Å². The van der Waals surface area contributed by atoms with Gasteiger partial charge in [0.15, 0.2) is 5.69 Å². The predicted molar refractivity (Wildman–Crippen MR) is 90.7 cm³/mol. The van der Waals surface area contributed by atoms with E-state index < -0.39 is 0 Å². The number of hydrogen-bond acceptors (Lipinski definition) is 4. The van der Waals surface area contributed by atoms with Crippen LogP contribution in [0.3, 0.4) is 0 Å². The number of aryl methyl sites for hydroxylation is 1. The molecule has 0 aliphatic carbocycles. The number of aromatic nitrogens is 3. The number of amides is 1. The SMILES string of the molecule is Cc1cc(C(=O)Nc2ccc(Cl)c3ncccc23)nn1CCN. The number of halogens is 1. The first-order chi connectivity index (χ1) is 11.1. The van der Waals surface area contributed by atoms with Crippen molar-refractivity contribution >= 4 is 34.1 Å². The zero-order chi connectivity index (χ0) is 16.4. The molecule has 1 aromatic carbocycles. The third-order valence-corrected chi connectivity index (χ3v) is 3.83. The molecule has 0 unspecified atom stereocenters. The van der Waals surface area contributed by atoms with Gasteiger partial charge in [-0.05, 0) is 37.3 Å². The molecule has 0 fully saturated rings. The van der Waals surface area contributed by atoms with Crippen LogP contribution in [-0.2, 0) is 6.54 Å². The summed E-state index contributed by atoms with van der Waals surface area (Å²) in [6.45, 7) is 2.94. The summed E-state index contributed by atoms with van der Waals surface area (Å²) >= 11 is 6.14. The molecule has 6 nitrogen and oxygen atoms in total. The van der Waals surface area contributed by atoms with E-state index in [0.29, 0.717) is 35.0 Å². The standard InChI is InChI=1S/C16H16ClN5O/c1-10-9-14(21-22(10)8-6-18)16(23)20-13-5-4-12(17)15-11(13)3-2-7-19-15/h2-5,7,9H,6,8,18H2,1H3,(H,20,23). The van der Waals surface area contributed by atoms with E-state index >= 15 is 0 Å². The number of carbonyl (C=O) groups excluding carboxylic acids is 1. The van der Waals surface area contributed by atoms with Crippen molar-refractivity contribution in [2.45, 2.75) is 13.5 Å². The van der Waals surface area contributed by atoms with Crippen molar-refractivity contribution in [3.8, 4) is 0 Å². The van der Waals surface area contributed by atoms with Gasteiger partial charge in [0.2, 0.25) is 0 Å². The van der Waals surface area contributed by atoms with Gasteiger partial charge in [-0.2, -0.15) is 5.10 Å². The number of anilines is 1. The molecule has 2 heterocycles. The molecule has 0 radical (unpaired) electrons. The molecule has 0 bridgehead atoms. The molecule has 3 rings (SSSR count). The van der Waals surface area contributed by atoms with Crippen LogP contribution < -0.4 is 11.1 Å². The minimum absolute atomic E-state index is 0.281. The number of benzene rings is 1.